The number of amides is 2. The lowest BCUT2D eigenvalue weighted by Crippen LogP contribution is -2.43. The minimum atomic E-state index is -4.38. The number of nitrogens with one attached hydrogen (secondary N) is 1. The maximum absolute atomic E-state index is 12.7. The number of alkyl halides is 3. The molecule has 0 bridgehead atoms. The van der Waals surface area contributed by atoms with Crippen LogP contribution in [0.15, 0.2) is 34.9 Å². The van der Waals surface area contributed by atoms with Crippen LogP contribution < -0.4 is 10.3 Å². The second kappa shape index (κ2) is 6.22. The number of benzene rings is 1. The van der Waals surface area contributed by atoms with E-state index in [4.69, 9.17) is 4.52 Å². The molecule has 6 nitrogen and oxygen atoms in total. The molecular weight excluding hydrogens is 349 g/mol. The summed E-state index contributed by atoms with van der Waals surface area (Å²) in [5.74, 6) is 0.691. The summed E-state index contributed by atoms with van der Waals surface area (Å²) in [5.41, 5.74) is 0.647. The van der Waals surface area contributed by atoms with Crippen molar-refractivity contribution in [3.8, 4) is 0 Å². The van der Waals surface area contributed by atoms with Crippen molar-refractivity contribution in [2.75, 3.05) is 23.4 Å². The molecule has 4 rings (SSSR count). The molecule has 1 N–H and O–H groups in total. The van der Waals surface area contributed by atoms with E-state index < -0.39 is 17.8 Å². The van der Waals surface area contributed by atoms with Crippen LogP contribution in [-0.2, 0) is 6.18 Å². The molecule has 1 saturated carbocycles. The zero-order valence-electron chi connectivity index (χ0n) is 13.8. The first-order chi connectivity index (χ1) is 12.4. The number of carbonyl (C=O) groups is 1. The predicted molar refractivity (Wildman–Crippen MR) is 87.6 cm³/mol. The number of nitrogens with zero attached hydrogens (tertiary/aromatic N) is 3. The number of hydrogen-bond donors (Lipinski definition) is 1. The van der Waals surface area contributed by atoms with Crippen molar-refractivity contribution in [1.29, 1.82) is 0 Å². The average molecular weight is 366 g/mol. The third-order valence-electron chi connectivity index (χ3n) is 4.51. The zero-order valence-corrected chi connectivity index (χ0v) is 13.8. The Kier molecular flexibility index (Phi) is 4.01. The molecule has 2 amide bonds. The number of aromatic nitrogens is 1. The summed E-state index contributed by atoms with van der Waals surface area (Å²) in [6, 6.07) is 6.08. The number of hydrazine groups is 1. The molecule has 2 aromatic rings. The normalized spacial score (nSPS) is 17.7. The van der Waals surface area contributed by atoms with Crippen molar-refractivity contribution in [3.63, 3.8) is 0 Å². The van der Waals surface area contributed by atoms with Crippen LogP contribution in [0.25, 0.3) is 0 Å². The van der Waals surface area contributed by atoms with Crippen molar-refractivity contribution in [2.45, 2.75) is 31.4 Å². The molecule has 2 fully saturated rings. The highest BCUT2D eigenvalue weighted by Gasteiger charge is 2.32. The van der Waals surface area contributed by atoms with Gasteiger partial charge in [-0.3, -0.25) is 10.3 Å². The van der Waals surface area contributed by atoms with Gasteiger partial charge in [-0.1, -0.05) is 5.16 Å². The molecule has 138 valence electrons. The SMILES string of the molecule is O=C(Nc1cc(C2CC2)no1)N1CCCN1c1ccc(C(F)(F)F)cc1. The van der Waals surface area contributed by atoms with E-state index in [1.807, 2.05) is 0 Å². The molecule has 9 heteroatoms. The molecule has 26 heavy (non-hydrogen) atoms. The third-order valence-corrected chi connectivity index (χ3v) is 4.51. The van der Waals surface area contributed by atoms with Gasteiger partial charge in [-0.05, 0) is 43.5 Å². The Morgan fingerprint density at radius 1 is 1.19 bits per heavy atom. The van der Waals surface area contributed by atoms with Crippen molar-refractivity contribution in [2.24, 2.45) is 0 Å². The smallest absolute Gasteiger partial charge is 0.338 e. The van der Waals surface area contributed by atoms with E-state index in [0.717, 1.165) is 37.1 Å². The molecular formula is C17H17F3N4O2. The Bertz CT molecular complexity index is 799. The lowest BCUT2D eigenvalue weighted by Gasteiger charge is -2.29. The maximum atomic E-state index is 12.7. The monoisotopic (exact) mass is 366 g/mol. The van der Waals surface area contributed by atoms with Crippen LogP contribution in [0.1, 0.15) is 36.4 Å². The topological polar surface area (TPSA) is 61.6 Å². The van der Waals surface area contributed by atoms with Crippen LogP contribution in [0.2, 0.25) is 0 Å². The summed E-state index contributed by atoms with van der Waals surface area (Å²) in [4.78, 5) is 12.5. The number of carbonyl (C=O) groups excluding carboxylic acids is 1. The quantitative estimate of drug-likeness (QED) is 0.883. The minimum absolute atomic E-state index is 0.274. The fraction of sp³-hybridized carbons (Fsp3) is 0.412. The number of anilines is 2. The lowest BCUT2D eigenvalue weighted by molar-refractivity contribution is -0.137. The fourth-order valence-electron chi connectivity index (χ4n) is 3.00. The number of rotatable bonds is 3. The highest BCUT2D eigenvalue weighted by Crippen LogP contribution is 2.40. The summed E-state index contributed by atoms with van der Waals surface area (Å²) in [6.07, 6.45) is -1.51. The van der Waals surface area contributed by atoms with Gasteiger partial charge in [-0.15, -0.1) is 0 Å². The van der Waals surface area contributed by atoms with Crippen LogP contribution in [0.4, 0.5) is 29.5 Å². The minimum Gasteiger partial charge on any atom is -0.338 e. The second-order valence-electron chi connectivity index (χ2n) is 6.46. The number of halogens is 3. The Morgan fingerprint density at radius 2 is 1.92 bits per heavy atom. The van der Waals surface area contributed by atoms with E-state index in [1.54, 1.807) is 11.1 Å². The van der Waals surface area contributed by atoms with Crippen molar-refractivity contribution in [1.82, 2.24) is 10.2 Å². The maximum Gasteiger partial charge on any atom is 0.416 e. The lowest BCUT2D eigenvalue weighted by atomic mass is 10.2. The van der Waals surface area contributed by atoms with Crippen LogP contribution in [0.3, 0.4) is 0 Å². The van der Waals surface area contributed by atoms with E-state index in [-0.39, 0.29) is 5.88 Å². The zero-order chi connectivity index (χ0) is 18.3. The van der Waals surface area contributed by atoms with Gasteiger partial charge < -0.3 is 4.52 Å². The Balaban J connectivity index is 1.45. The van der Waals surface area contributed by atoms with Gasteiger partial charge in [-0.2, -0.15) is 13.2 Å². The van der Waals surface area contributed by atoms with Gasteiger partial charge in [0.1, 0.15) is 0 Å². The van der Waals surface area contributed by atoms with Crippen LogP contribution in [0, 0.1) is 0 Å². The molecule has 0 spiro atoms. The standard InChI is InChI=1S/C17H17F3N4O2/c18-17(19,20)12-4-6-13(7-5-12)23-8-1-9-24(23)16(25)21-15-10-14(22-26-15)11-2-3-11/h4-7,10-11H,1-3,8-9H2,(H,21,25). The molecule has 1 aromatic carbocycles. The third kappa shape index (κ3) is 3.33. The molecule has 1 aliphatic carbocycles. The van der Waals surface area contributed by atoms with Crippen LogP contribution in [0.5, 0.6) is 0 Å². The first-order valence-electron chi connectivity index (χ1n) is 8.41. The molecule has 1 saturated heterocycles. The van der Waals surface area contributed by atoms with Crippen LogP contribution in [-0.4, -0.2) is 29.3 Å². The second-order valence-corrected chi connectivity index (χ2v) is 6.46. The highest BCUT2D eigenvalue weighted by atomic mass is 19.4. The largest absolute Gasteiger partial charge is 0.416 e. The first-order valence-corrected chi connectivity index (χ1v) is 8.41. The molecule has 0 atom stereocenters. The molecule has 2 heterocycles. The van der Waals surface area contributed by atoms with E-state index >= 15 is 0 Å². The van der Waals surface area contributed by atoms with Gasteiger partial charge in [0.25, 0.3) is 0 Å². The fourth-order valence-corrected chi connectivity index (χ4v) is 3.00. The van der Waals surface area contributed by atoms with E-state index in [2.05, 4.69) is 10.5 Å². The van der Waals surface area contributed by atoms with Gasteiger partial charge in [0.05, 0.1) is 16.9 Å². The van der Waals surface area contributed by atoms with E-state index in [9.17, 15) is 18.0 Å². The van der Waals surface area contributed by atoms with Gasteiger partial charge >= 0.3 is 12.2 Å². The van der Waals surface area contributed by atoms with Gasteiger partial charge in [0.2, 0.25) is 5.88 Å². The number of urea groups is 1. The van der Waals surface area contributed by atoms with Crippen molar-refractivity contribution < 1.29 is 22.5 Å². The van der Waals surface area contributed by atoms with Gasteiger partial charge in [-0.25, -0.2) is 9.80 Å². The summed E-state index contributed by atoms with van der Waals surface area (Å²) in [5, 5.41) is 9.72. The Morgan fingerprint density at radius 3 is 2.58 bits per heavy atom. The molecule has 0 unspecified atom stereocenters. The van der Waals surface area contributed by atoms with Crippen LogP contribution >= 0.6 is 0 Å². The molecule has 2 aliphatic rings. The highest BCUT2D eigenvalue weighted by molar-refractivity contribution is 5.89. The summed E-state index contributed by atoms with van der Waals surface area (Å²) in [7, 11) is 0. The average Bonchev–Trinajstić information content (AvgIpc) is 3.15. The molecule has 1 aliphatic heterocycles. The summed E-state index contributed by atoms with van der Waals surface area (Å²) in [6.45, 7) is 1.01. The van der Waals surface area contributed by atoms with Crippen molar-refractivity contribution >= 4 is 17.6 Å². The van der Waals surface area contributed by atoms with E-state index in [0.29, 0.717) is 24.7 Å². The first kappa shape index (κ1) is 16.7. The molecule has 0 radical (unpaired) electrons. The predicted octanol–water partition coefficient (Wildman–Crippen LogP) is 4.23. The summed E-state index contributed by atoms with van der Waals surface area (Å²) < 4.78 is 43.2. The van der Waals surface area contributed by atoms with Gasteiger partial charge in [0.15, 0.2) is 0 Å². The van der Waals surface area contributed by atoms with Gasteiger partial charge in [0, 0.05) is 25.1 Å². The Labute approximate surface area is 147 Å². The van der Waals surface area contributed by atoms with E-state index in [1.165, 1.54) is 17.1 Å². The molecule has 1 aromatic heterocycles. The Hall–Kier alpha value is -2.71. The number of hydrogen-bond acceptors (Lipinski definition) is 4. The summed E-state index contributed by atoms with van der Waals surface area (Å²) >= 11 is 0. The van der Waals surface area contributed by atoms with Crippen molar-refractivity contribution in [3.05, 3.63) is 41.6 Å².